The average molecular weight is 482 g/mol. The monoisotopic (exact) mass is 482 g/mol. The van der Waals surface area contributed by atoms with Crippen LogP contribution in [0.25, 0.3) is 0 Å². The van der Waals surface area contributed by atoms with Gasteiger partial charge in [0, 0.05) is 31.3 Å². The SMILES string of the molecule is COC(=O)CC[C@H]1NC(=O)c2cc(Oc3cccc(N4CCCC4)c3)c(NC(=O)O)cc2NC1=O. The molecule has 0 unspecified atom stereocenters. The maximum absolute atomic E-state index is 12.9. The number of methoxy groups -OCH3 is 1. The van der Waals surface area contributed by atoms with Crippen molar-refractivity contribution in [2.45, 2.75) is 31.7 Å². The number of esters is 1. The van der Waals surface area contributed by atoms with Crippen molar-refractivity contribution in [3.8, 4) is 11.5 Å². The van der Waals surface area contributed by atoms with Gasteiger partial charge in [0.15, 0.2) is 5.75 Å². The van der Waals surface area contributed by atoms with Crippen LogP contribution in [0.2, 0.25) is 0 Å². The summed E-state index contributed by atoms with van der Waals surface area (Å²) in [6.07, 6.45) is 0.888. The van der Waals surface area contributed by atoms with E-state index < -0.39 is 29.9 Å². The van der Waals surface area contributed by atoms with E-state index in [9.17, 15) is 24.3 Å². The highest BCUT2D eigenvalue weighted by atomic mass is 16.5. The Morgan fingerprint density at radius 2 is 1.94 bits per heavy atom. The molecule has 2 heterocycles. The molecule has 1 saturated heterocycles. The van der Waals surface area contributed by atoms with Crippen LogP contribution in [0.15, 0.2) is 36.4 Å². The second kappa shape index (κ2) is 10.3. The molecule has 1 fully saturated rings. The molecule has 184 valence electrons. The van der Waals surface area contributed by atoms with Crippen LogP contribution in [0.1, 0.15) is 36.0 Å². The fourth-order valence-corrected chi connectivity index (χ4v) is 4.10. The molecule has 2 aromatic rings. The van der Waals surface area contributed by atoms with Crippen LogP contribution in [0, 0.1) is 0 Å². The van der Waals surface area contributed by atoms with Crippen molar-refractivity contribution in [3.63, 3.8) is 0 Å². The summed E-state index contributed by atoms with van der Waals surface area (Å²) in [6.45, 7) is 1.90. The Labute approximate surface area is 201 Å². The van der Waals surface area contributed by atoms with Crippen LogP contribution in [0.5, 0.6) is 11.5 Å². The topological polar surface area (TPSA) is 146 Å². The lowest BCUT2D eigenvalue weighted by Crippen LogP contribution is -2.41. The van der Waals surface area contributed by atoms with E-state index in [-0.39, 0.29) is 35.5 Å². The van der Waals surface area contributed by atoms with Crippen LogP contribution >= 0.6 is 0 Å². The largest absolute Gasteiger partial charge is 0.469 e. The fraction of sp³-hybridized carbons (Fsp3) is 0.333. The molecule has 11 heteroatoms. The van der Waals surface area contributed by atoms with Crippen LogP contribution < -0.4 is 25.6 Å². The molecule has 11 nitrogen and oxygen atoms in total. The van der Waals surface area contributed by atoms with Gasteiger partial charge in [0.1, 0.15) is 11.8 Å². The number of fused-ring (bicyclic) bond motifs is 1. The zero-order chi connectivity index (χ0) is 24.9. The number of hydrogen-bond donors (Lipinski definition) is 4. The smallest absolute Gasteiger partial charge is 0.409 e. The molecule has 0 saturated carbocycles. The van der Waals surface area contributed by atoms with E-state index >= 15 is 0 Å². The highest BCUT2D eigenvalue weighted by molar-refractivity contribution is 6.11. The minimum absolute atomic E-state index is 0.0467. The molecule has 4 rings (SSSR count). The molecular weight excluding hydrogens is 456 g/mol. The Kier molecular flexibility index (Phi) is 7.04. The summed E-state index contributed by atoms with van der Waals surface area (Å²) in [5.74, 6) is -1.03. The minimum Gasteiger partial charge on any atom is -0.469 e. The van der Waals surface area contributed by atoms with E-state index in [1.54, 1.807) is 6.07 Å². The van der Waals surface area contributed by atoms with Crippen molar-refractivity contribution in [3.05, 3.63) is 42.0 Å². The second-order valence-corrected chi connectivity index (χ2v) is 8.25. The van der Waals surface area contributed by atoms with Gasteiger partial charge in [0.05, 0.1) is 24.0 Å². The number of nitrogens with one attached hydrogen (secondary N) is 3. The summed E-state index contributed by atoms with van der Waals surface area (Å²) >= 11 is 0. The van der Waals surface area contributed by atoms with Crippen molar-refractivity contribution in [1.29, 1.82) is 0 Å². The normalized spacial score (nSPS) is 17.1. The van der Waals surface area contributed by atoms with Gasteiger partial charge in [0.25, 0.3) is 5.91 Å². The van der Waals surface area contributed by atoms with Gasteiger partial charge in [-0.1, -0.05) is 6.07 Å². The molecule has 35 heavy (non-hydrogen) atoms. The summed E-state index contributed by atoms with van der Waals surface area (Å²) in [5, 5.41) is 16.8. The lowest BCUT2D eigenvalue weighted by atomic mass is 10.1. The third-order valence-electron chi connectivity index (χ3n) is 5.87. The number of carbonyl (C=O) groups excluding carboxylic acids is 3. The van der Waals surface area contributed by atoms with Crippen molar-refractivity contribution in [2.24, 2.45) is 0 Å². The van der Waals surface area contributed by atoms with Gasteiger partial charge in [-0.3, -0.25) is 19.7 Å². The third-order valence-corrected chi connectivity index (χ3v) is 5.87. The van der Waals surface area contributed by atoms with E-state index in [1.165, 1.54) is 19.2 Å². The van der Waals surface area contributed by atoms with Gasteiger partial charge in [-0.2, -0.15) is 0 Å². The summed E-state index contributed by atoms with van der Waals surface area (Å²) < 4.78 is 10.6. The quantitative estimate of drug-likeness (QED) is 0.440. The van der Waals surface area contributed by atoms with Crippen molar-refractivity contribution in [2.75, 3.05) is 35.7 Å². The molecule has 4 N–H and O–H groups in total. The molecule has 1 atom stereocenters. The summed E-state index contributed by atoms with van der Waals surface area (Å²) in [6, 6.07) is 9.15. The molecule has 3 amide bonds. The lowest BCUT2D eigenvalue weighted by Gasteiger charge is -2.19. The predicted molar refractivity (Wildman–Crippen MR) is 127 cm³/mol. The first-order valence-corrected chi connectivity index (χ1v) is 11.2. The van der Waals surface area contributed by atoms with Crippen LogP contribution in [0.3, 0.4) is 0 Å². The van der Waals surface area contributed by atoms with Gasteiger partial charge >= 0.3 is 12.1 Å². The number of carboxylic acid groups (broad SMARTS) is 1. The summed E-state index contributed by atoms with van der Waals surface area (Å²) in [4.78, 5) is 50.7. The minimum atomic E-state index is -1.33. The zero-order valence-corrected chi connectivity index (χ0v) is 19.1. The standard InChI is InChI=1S/C24H26N4O7/c1-34-21(29)8-7-17-23(31)26-18-13-19(27-24(32)33)20(12-16(18)22(30)25-17)35-15-6-4-5-14(11-15)28-9-2-3-10-28/h4-6,11-13,17,27H,2-3,7-10H2,1H3,(H,25,30)(H,26,31)(H,32,33)/t17-/m1/s1. The number of rotatable bonds is 7. The summed E-state index contributed by atoms with van der Waals surface area (Å²) in [7, 11) is 1.24. The number of hydrogen-bond acceptors (Lipinski definition) is 7. The molecular formula is C24H26N4O7. The number of ether oxygens (including phenoxy) is 2. The first-order valence-electron chi connectivity index (χ1n) is 11.2. The van der Waals surface area contributed by atoms with Crippen molar-refractivity contribution in [1.82, 2.24) is 5.32 Å². The Hall–Kier alpha value is -4.28. The first kappa shape index (κ1) is 23.9. The van der Waals surface area contributed by atoms with Crippen molar-refractivity contribution < 1.29 is 33.8 Å². The maximum Gasteiger partial charge on any atom is 0.409 e. The second-order valence-electron chi connectivity index (χ2n) is 8.25. The van der Waals surface area contributed by atoms with Crippen LogP contribution in [-0.2, 0) is 14.3 Å². The Morgan fingerprint density at radius 1 is 1.17 bits per heavy atom. The summed E-state index contributed by atoms with van der Waals surface area (Å²) in [5.41, 5.74) is 1.26. The van der Waals surface area contributed by atoms with Gasteiger partial charge in [0.2, 0.25) is 5.91 Å². The average Bonchev–Trinajstić information content (AvgIpc) is 3.34. The molecule has 2 aromatic carbocycles. The van der Waals surface area contributed by atoms with Crippen LogP contribution in [-0.4, -0.2) is 55.2 Å². The maximum atomic E-state index is 12.9. The van der Waals surface area contributed by atoms with E-state index in [0.717, 1.165) is 31.6 Å². The van der Waals surface area contributed by atoms with E-state index in [2.05, 4.69) is 25.6 Å². The molecule has 0 aromatic heterocycles. The number of benzene rings is 2. The number of carbonyl (C=O) groups is 4. The van der Waals surface area contributed by atoms with Gasteiger partial charge in [-0.25, -0.2) is 4.79 Å². The lowest BCUT2D eigenvalue weighted by molar-refractivity contribution is -0.140. The van der Waals surface area contributed by atoms with Gasteiger partial charge < -0.3 is 30.1 Å². The number of anilines is 3. The first-order chi connectivity index (χ1) is 16.8. The Morgan fingerprint density at radius 3 is 2.66 bits per heavy atom. The van der Waals surface area contributed by atoms with Crippen molar-refractivity contribution >= 4 is 40.9 Å². The third kappa shape index (κ3) is 5.62. The predicted octanol–water partition coefficient (Wildman–Crippen LogP) is 3.17. The molecule has 0 bridgehead atoms. The highest BCUT2D eigenvalue weighted by Crippen LogP contribution is 2.37. The highest BCUT2D eigenvalue weighted by Gasteiger charge is 2.30. The molecule has 0 spiro atoms. The van der Waals surface area contributed by atoms with Crippen LogP contribution in [0.4, 0.5) is 21.9 Å². The van der Waals surface area contributed by atoms with E-state index in [1.807, 2.05) is 18.2 Å². The fourth-order valence-electron chi connectivity index (χ4n) is 4.10. The Bertz CT molecular complexity index is 1160. The van der Waals surface area contributed by atoms with E-state index in [4.69, 9.17) is 4.74 Å². The van der Waals surface area contributed by atoms with Gasteiger partial charge in [-0.05, 0) is 43.5 Å². The molecule has 0 radical (unpaired) electrons. The Balaban J connectivity index is 1.63. The molecule has 2 aliphatic heterocycles. The molecule has 0 aliphatic carbocycles. The zero-order valence-electron chi connectivity index (χ0n) is 19.1. The van der Waals surface area contributed by atoms with E-state index in [0.29, 0.717) is 5.75 Å². The molecule has 2 aliphatic rings. The van der Waals surface area contributed by atoms with Gasteiger partial charge in [-0.15, -0.1) is 0 Å². The number of nitrogens with zero attached hydrogens (tertiary/aromatic N) is 1. The number of amides is 3.